The van der Waals surface area contributed by atoms with Gasteiger partial charge >= 0.3 is 10.2 Å². The lowest BCUT2D eigenvalue weighted by Crippen LogP contribution is -1.90. The number of hydrogen-bond donors (Lipinski definition) is 0. The summed E-state index contributed by atoms with van der Waals surface area (Å²) in [7, 11) is -4.70. The van der Waals surface area contributed by atoms with Crippen LogP contribution in [0.25, 0.3) is 12.2 Å². The van der Waals surface area contributed by atoms with Gasteiger partial charge in [0, 0.05) is 12.1 Å². The van der Waals surface area contributed by atoms with Crippen LogP contribution in [0.5, 0.6) is 0 Å². The molecule has 2 rings (SSSR count). The zero-order valence-corrected chi connectivity index (χ0v) is 11.5. The number of hydrogen-bond acceptors (Lipinski definition) is 4. The molecule has 0 amide bonds. The van der Waals surface area contributed by atoms with Crippen molar-refractivity contribution in [2.75, 3.05) is 0 Å². The Morgan fingerprint density at radius 2 is 1.62 bits per heavy atom. The molecule has 5 nitrogen and oxygen atoms in total. The lowest BCUT2D eigenvalue weighted by atomic mass is 10.1. The highest BCUT2D eigenvalue weighted by atomic mass is 32.3. The van der Waals surface area contributed by atoms with Gasteiger partial charge in [0.15, 0.2) is 0 Å². The van der Waals surface area contributed by atoms with Crippen molar-refractivity contribution in [2.24, 2.45) is 0 Å². The molecule has 0 atom stereocenters. The molecule has 0 bridgehead atoms. The monoisotopic (exact) mass is 307 g/mol. The Morgan fingerprint density at radius 3 is 2.19 bits per heavy atom. The van der Waals surface area contributed by atoms with Gasteiger partial charge in [-0.2, -0.15) is 8.42 Å². The molecule has 0 aliphatic carbocycles. The third-order valence-corrected chi connectivity index (χ3v) is 3.55. The molecular formula is C14H10FNO4S. The maximum Gasteiger partial charge on any atom is 0.332 e. The molecule has 0 spiro atoms. The minimum Gasteiger partial charge on any atom is -0.258 e. The largest absolute Gasteiger partial charge is 0.332 e. The topological polar surface area (TPSA) is 77.3 Å². The first-order chi connectivity index (χ1) is 9.86. The fourth-order valence-corrected chi connectivity index (χ4v) is 2.14. The smallest absolute Gasteiger partial charge is 0.258 e. The van der Waals surface area contributed by atoms with Crippen LogP contribution < -0.4 is 0 Å². The molecule has 7 heteroatoms. The average Bonchev–Trinajstić information content (AvgIpc) is 2.45. The summed E-state index contributed by atoms with van der Waals surface area (Å²) < 4.78 is 34.1. The van der Waals surface area contributed by atoms with Crippen molar-refractivity contribution in [3.05, 3.63) is 69.8 Å². The number of non-ortho nitro benzene ring substituents is 1. The van der Waals surface area contributed by atoms with E-state index in [2.05, 4.69) is 0 Å². The second-order valence-corrected chi connectivity index (χ2v) is 5.54. The van der Waals surface area contributed by atoms with Gasteiger partial charge in [-0.25, -0.2) is 0 Å². The molecule has 0 saturated carbocycles. The van der Waals surface area contributed by atoms with E-state index in [4.69, 9.17) is 0 Å². The summed E-state index contributed by atoms with van der Waals surface area (Å²) in [4.78, 5) is 9.75. The van der Waals surface area contributed by atoms with Gasteiger partial charge in [0.2, 0.25) is 0 Å². The summed E-state index contributed by atoms with van der Waals surface area (Å²) in [5.74, 6) is 0. The lowest BCUT2D eigenvalue weighted by Gasteiger charge is -1.97. The number of benzene rings is 2. The van der Waals surface area contributed by atoms with E-state index in [9.17, 15) is 22.4 Å². The highest BCUT2D eigenvalue weighted by Crippen LogP contribution is 2.17. The van der Waals surface area contributed by atoms with Crippen LogP contribution in [0.4, 0.5) is 9.57 Å². The normalized spacial score (nSPS) is 11.7. The molecule has 0 N–H and O–H groups in total. The van der Waals surface area contributed by atoms with Crippen molar-refractivity contribution in [1.29, 1.82) is 0 Å². The van der Waals surface area contributed by atoms with E-state index in [1.165, 1.54) is 24.3 Å². The summed E-state index contributed by atoms with van der Waals surface area (Å²) in [5.41, 5.74) is 1.26. The van der Waals surface area contributed by atoms with Crippen molar-refractivity contribution in [1.82, 2.24) is 0 Å². The average molecular weight is 307 g/mol. The zero-order valence-electron chi connectivity index (χ0n) is 10.6. The first-order valence-electron chi connectivity index (χ1n) is 5.83. The molecule has 0 unspecified atom stereocenters. The van der Waals surface area contributed by atoms with Gasteiger partial charge in [0.25, 0.3) is 5.69 Å². The van der Waals surface area contributed by atoms with Gasteiger partial charge in [-0.05, 0) is 23.3 Å². The van der Waals surface area contributed by atoms with Gasteiger partial charge < -0.3 is 0 Å². The van der Waals surface area contributed by atoms with Crippen LogP contribution in [0.2, 0.25) is 0 Å². The fraction of sp³-hybridized carbons (Fsp3) is 0. The van der Waals surface area contributed by atoms with Crippen LogP contribution in [0.15, 0.2) is 53.4 Å². The number of nitro groups is 1. The van der Waals surface area contributed by atoms with Crippen LogP contribution in [0.1, 0.15) is 11.1 Å². The minimum atomic E-state index is -4.70. The molecule has 0 radical (unpaired) electrons. The molecule has 2 aromatic carbocycles. The maximum absolute atomic E-state index is 12.7. The van der Waals surface area contributed by atoms with Crippen LogP contribution in [-0.2, 0) is 10.2 Å². The molecule has 0 aliphatic rings. The summed E-state index contributed by atoms with van der Waals surface area (Å²) in [6.45, 7) is 0. The Kier molecular flexibility index (Phi) is 4.13. The molecule has 0 heterocycles. The van der Waals surface area contributed by atoms with Crippen molar-refractivity contribution in [2.45, 2.75) is 4.90 Å². The van der Waals surface area contributed by atoms with Crippen LogP contribution in [-0.4, -0.2) is 13.3 Å². The Bertz CT molecular complexity index is 798. The molecule has 0 aromatic heterocycles. The number of rotatable bonds is 4. The number of halogens is 1. The van der Waals surface area contributed by atoms with Gasteiger partial charge in [0.05, 0.1) is 9.82 Å². The van der Waals surface area contributed by atoms with E-state index in [1.807, 2.05) is 0 Å². The van der Waals surface area contributed by atoms with E-state index in [0.29, 0.717) is 11.1 Å². The zero-order chi connectivity index (χ0) is 15.5. The SMILES string of the molecule is O=[N+]([O-])c1cccc(C=Cc2ccc(S(=O)(=O)F)cc2)c1. The van der Waals surface area contributed by atoms with E-state index < -0.39 is 20.0 Å². The Hall–Kier alpha value is -2.54. The van der Waals surface area contributed by atoms with Gasteiger partial charge in [-0.15, -0.1) is 3.89 Å². The molecule has 108 valence electrons. The predicted octanol–water partition coefficient (Wildman–Crippen LogP) is 3.42. The predicted molar refractivity (Wildman–Crippen MR) is 76.8 cm³/mol. The Labute approximate surface area is 120 Å². The molecule has 0 aliphatic heterocycles. The molecule has 0 fully saturated rings. The summed E-state index contributed by atoms with van der Waals surface area (Å²) in [5, 5.41) is 10.6. The van der Waals surface area contributed by atoms with Crippen LogP contribution in [0, 0.1) is 10.1 Å². The van der Waals surface area contributed by atoms with Gasteiger partial charge in [-0.3, -0.25) is 10.1 Å². The molecule has 21 heavy (non-hydrogen) atoms. The summed E-state index contributed by atoms with van der Waals surface area (Å²) in [6, 6.07) is 11.3. The standard InChI is InChI=1S/C14H10FNO4S/c15-21(19,20)14-8-6-11(7-9-14)4-5-12-2-1-3-13(10-12)16(17)18/h1-10H. The summed E-state index contributed by atoms with van der Waals surface area (Å²) >= 11 is 0. The Morgan fingerprint density at radius 1 is 1.00 bits per heavy atom. The minimum absolute atomic E-state index is 0.0176. The van der Waals surface area contributed by atoms with Crippen LogP contribution in [0.3, 0.4) is 0 Å². The first-order valence-corrected chi connectivity index (χ1v) is 7.22. The first kappa shape index (κ1) is 14.9. The van der Waals surface area contributed by atoms with E-state index >= 15 is 0 Å². The molecular weight excluding hydrogens is 297 g/mol. The fourth-order valence-electron chi connectivity index (χ4n) is 1.68. The van der Waals surface area contributed by atoms with E-state index in [0.717, 1.165) is 12.1 Å². The van der Waals surface area contributed by atoms with Gasteiger partial charge in [-0.1, -0.05) is 36.4 Å². The van der Waals surface area contributed by atoms with Crippen molar-refractivity contribution in [3.8, 4) is 0 Å². The molecule has 0 saturated heterocycles. The van der Waals surface area contributed by atoms with E-state index in [1.54, 1.807) is 24.3 Å². The van der Waals surface area contributed by atoms with Gasteiger partial charge in [0.1, 0.15) is 0 Å². The van der Waals surface area contributed by atoms with Crippen molar-refractivity contribution < 1.29 is 17.2 Å². The number of nitro benzene ring substituents is 1. The van der Waals surface area contributed by atoms with Crippen LogP contribution >= 0.6 is 0 Å². The molecule has 2 aromatic rings. The lowest BCUT2D eigenvalue weighted by molar-refractivity contribution is -0.384. The third-order valence-electron chi connectivity index (χ3n) is 2.71. The van der Waals surface area contributed by atoms with Crippen molar-refractivity contribution >= 4 is 28.1 Å². The van der Waals surface area contributed by atoms with E-state index in [-0.39, 0.29) is 5.69 Å². The maximum atomic E-state index is 12.7. The third kappa shape index (κ3) is 3.96. The highest BCUT2D eigenvalue weighted by molar-refractivity contribution is 7.86. The Balaban J connectivity index is 2.22. The summed E-state index contributed by atoms with van der Waals surface area (Å²) in [6.07, 6.45) is 3.29. The quantitative estimate of drug-likeness (QED) is 0.375. The second kappa shape index (κ2) is 5.84. The number of nitrogens with zero attached hydrogens (tertiary/aromatic N) is 1. The van der Waals surface area contributed by atoms with Crippen molar-refractivity contribution in [3.63, 3.8) is 0 Å². The second-order valence-electron chi connectivity index (χ2n) is 4.19. The highest BCUT2D eigenvalue weighted by Gasteiger charge is 2.10.